The van der Waals surface area contributed by atoms with Gasteiger partial charge in [0.1, 0.15) is 5.92 Å². The highest BCUT2D eigenvalue weighted by Gasteiger charge is 2.36. The summed E-state index contributed by atoms with van der Waals surface area (Å²) in [6.45, 7) is 3.25. The van der Waals surface area contributed by atoms with Gasteiger partial charge in [0.15, 0.2) is 0 Å². The van der Waals surface area contributed by atoms with Crippen molar-refractivity contribution in [1.29, 1.82) is 0 Å². The van der Waals surface area contributed by atoms with E-state index in [0.29, 0.717) is 0 Å². The van der Waals surface area contributed by atoms with Gasteiger partial charge in [0, 0.05) is 12.6 Å². The third kappa shape index (κ3) is 3.37. The van der Waals surface area contributed by atoms with Crippen molar-refractivity contribution in [2.45, 2.75) is 44.7 Å². The summed E-state index contributed by atoms with van der Waals surface area (Å²) < 4.78 is 5.16. The Kier molecular flexibility index (Phi) is 4.63. The number of carboxylic acid groups (broad SMARTS) is 1. The lowest BCUT2D eigenvalue weighted by molar-refractivity contribution is -0.142. The molecule has 2 heterocycles. The van der Waals surface area contributed by atoms with Gasteiger partial charge in [-0.3, -0.25) is 4.79 Å². The SMILES string of the molecule is CC1CCCCCN1C(=O)NC1COCC1C(=O)O. The van der Waals surface area contributed by atoms with Crippen LogP contribution in [-0.4, -0.2) is 53.8 Å². The van der Waals surface area contributed by atoms with Gasteiger partial charge in [-0.1, -0.05) is 12.8 Å². The minimum atomic E-state index is -0.910. The van der Waals surface area contributed by atoms with Crippen molar-refractivity contribution in [1.82, 2.24) is 10.2 Å². The van der Waals surface area contributed by atoms with Crippen molar-refractivity contribution in [2.24, 2.45) is 5.92 Å². The molecule has 2 fully saturated rings. The number of likely N-dealkylation sites (tertiary alicyclic amines) is 1. The molecule has 6 nitrogen and oxygen atoms in total. The normalized spacial score (nSPS) is 31.8. The number of rotatable bonds is 2. The van der Waals surface area contributed by atoms with Crippen molar-refractivity contribution in [2.75, 3.05) is 19.8 Å². The predicted molar refractivity (Wildman–Crippen MR) is 68.9 cm³/mol. The van der Waals surface area contributed by atoms with Gasteiger partial charge < -0.3 is 20.1 Å². The van der Waals surface area contributed by atoms with E-state index in [9.17, 15) is 9.59 Å². The quantitative estimate of drug-likeness (QED) is 0.786. The van der Waals surface area contributed by atoms with Crippen molar-refractivity contribution < 1.29 is 19.4 Å². The molecule has 0 radical (unpaired) electrons. The third-order valence-electron chi connectivity index (χ3n) is 4.02. The summed E-state index contributed by atoms with van der Waals surface area (Å²) in [6.07, 6.45) is 4.33. The van der Waals surface area contributed by atoms with Crippen LogP contribution in [0.3, 0.4) is 0 Å². The minimum Gasteiger partial charge on any atom is -0.481 e. The molecule has 2 rings (SSSR count). The zero-order chi connectivity index (χ0) is 13.8. The maximum absolute atomic E-state index is 12.3. The predicted octanol–water partition coefficient (Wildman–Crippen LogP) is 1.06. The van der Waals surface area contributed by atoms with Crippen LogP contribution in [0.1, 0.15) is 32.6 Å². The van der Waals surface area contributed by atoms with Crippen molar-refractivity contribution in [3.63, 3.8) is 0 Å². The molecule has 0 aromatic carbocycles. The van der Waals surface area contributed by atoms with E-state index < -0.39 is 17.9 Å². The van der Waals surface area contributed by atoms with Crippen LogP contribution < -0.4 is 5.32 Å². The van der Waals surface area contributed by atoms with Gasteiger partial charge in [-0.05, 0) is 19.8 Å². The summed E-state index contributed by atoms with van der Waals surface area (Å²) in [5.41, 5.74) is 0. The first-order valence-electron chi connectivity index (χ1n) is 6.97. The van der Waals surface area contributed by atoms with Crippen LogP contribution in [0.25, 0.3) is 0 Å². The maximum Gasteiger partial charge on any atom is 0.317 e. The molecule has 0 saturated carbocycles. The molecule has 6 heteroatoms. The van der Waals surface area contributed by atoms with E-state index in [2.05, 4.69) is 5.32 Å². The number of carbonyl (C=O) groups excluding carboxylic acids is 1. The van der Waals surface area contributed by atoms with E-state index in [1.807, 2.05) is 11.8 Å². The summed E-state index contributed by atoms with van der Waals surface area (Å²) in [6, 6.07) is -0.357. The number of urea groups is 1. The fraction of sp³-hybridized carbons (Fsp3) is 0.846. The van der Waals surface area contributed by atoms with Crippen LogP contribution in [0.2, 0.25) is 0 Å². The number of amides is 2. The van der Waals surface area contributed by atoms with Crippen LogP contribution in [-0.2, 0) is 9.53 Å². The molecule has 2 N–H and O–H groups in total. The molecule has 0 aliphatic carbocycles. The van der Waals surface area contributed by atoms with Gasteiger partial charge in [-0.25, -0.2) is 4.79 Å². The summed E-state index contributed by atoms with van der Waals surface area (Å²) in [7, 11) is 0. The lowest BCUT2D eigenvalue weighted by Crippen LogP contribution is -2.51. The summed E-state index contributed by atoms with van der Waals surface area (Å²) >= 11 is 0. The van der Waals surface area contributed by atoms with Crippen LogP contribution in [0.5, 0.6) is 0 Å². The van der Waals surface area contributed by atoms with Crippen LogP contribution in [0, 0.1) is 5.92 Å². The zero-order valence-corrected chi connectivity index (χ0v) is 11.3. The van der Waals surface area contributed by atoms with Gasteiger partial charge in [0.25, 0.3) is 0 Å². The molecule has 2 saturated heterocycles. The van der Waals surface area contributed by atoms with Crippen LogP contribution >= 0.6 is 0 Å². The van der Waals surface area contributed by atoms with Crippen LogP contribution in [0.15, 0.2) is 0 Å². The number of nitrogens with zero attached hydrogens (tertiary/aromatic N) is 1. The summed E-state index contributed by atoms with van der Waals surface area (Å²) in [4.78, 5) is 25.1. The fourth-order valence-corrected chi connectivity index (χ4v) is 2.76. The standard InChI is InChI=1S/C13H22N2O4/c1-9-5-3-2-4-6-15(9)13(18)14-11-8-19-7-10(11)12(16)17/h9-11H,2-8H2,1H3,(H,14,18)(H,16,17). The Bertz CT molecular complexity index is 348. The van der Waals surface area contributed by atoms with E-state index in [1.54, 1.807) is 0 Å². The number of hydrogen-bond acceptors (Lipinski definition) is 3. The molecular weight excluding hydrogens is 248 g/mol. The van der Waals surface area contributed by atoms with E-state index in [0.717, 1.165) is 32.2 Å². The number of ether oxygens (including phenoxy) is 1. The van der Waals surface area contributed by atoms with Gasteiger partial charge in [-0.2, -0.15) is 0 Å². The fourth-order valence-electron chi connectivity index (χ4n) is 2.76. The molecule has 108 valence electrons. The highest BCUT2D eigenvalue weighted by Crippen LogP contribution is 2.18. The summed E-state index contributed by atoms with van der Waals surface area (Å²) in [5, 5.41) is 11.9. The van der Waals surface area contributed by atoms with Crippen molar-refractivity contribution in [3.8, 4) is 0 Å². The highest BCUT2D eigenvalue weighted by molar-refractivity contribution is 5.77. The highest BCUT2D eigenvalue weighted by atomic mass is 16.5. The maximum atomic E-state index is 12.3. The molecule has 0 aromatic heterocycles. The second-order valence-corrected chi connectivity index (χ2v) is 5.43. The summed E-state index contributed by atoms with van der Waals surface area (Å²) in [5.74, 6) is -1.54. The average Bonchev–Trinajstić information content (AvgIpc) is 2.70. The van der Waals surface area contributed by atoms with Crippen molar-refractivity contribution in [3.05, 3.63) is 0 Å². The number of carbonyl (C=O) groups is 2. The molecule has 3 atom stereocenters. The third-order valence-corrected chi connectivity index (χ3v) is 4.02. The largest absolute Gasteiger partial charge is 0.481 e. The van der Waals surface area contributed by atoms with Gasteiger partial charge in [0.2, 0.25) is 0 Å². The Morgan fingerprint density at radius 3 is 2.79 bits per heavy atom. The zero-order valence-electron chi connectivity index (χ0n) is 11.3. The van der Waals surface area contributed by atoms with Crippen molar-refractivity contribution >= 4 is 12.0 Å². The van der Waals surface area contributed by atoms with E-state index in [4.69, 9.17) is 9.84 Å². The monoisotopic (exact) mass is 270 g/mol. The molecule has 2 aliphatic heterocycles. The lowest BCUT2D eigenvalue weighted by atomic mass is 10.0. The molecule has 0 aromatic rings. The number of hydrogen-bond donors (Lipinski definition) is 2. The molecule has 3 unspecified atom stereocenters. The number of aliphatic carboxylic acids is 1. The molecular formula is C13H22N2O4. The van der Waals surface area contributed by atoms with E-state index >= 15 is 0 Å². The van der Waals surface area contributed by atoms with Gasteiger partial charge in [-0.15, -0.1) is 0 Å². The van der Waals surface area contributed by atoms with E-state index in [-0.39, 0.29) is 25.3 Å². The Morgan fingerprint density at radius 1 is 1.26 bits per heavy atom. The Balaban J connectivity index is 1.94. The molecule has 2 amide bonds. The second kappa shape index (κ2) is 6.23. The van der Waals surface area contributed by atoms with E-state index in [1.165, 1.54) is 0 Å². The molecule has 2 aliphatic rings. The molecule has 0 spiro atoms. The minimum absolute atomic E-state index is 0.156. The Hall–Kier alpha value is -1.30. The van der Waals surface area contributed by atoms with Gasteiger partial charge in [0.05, 0.1) is 19.3 Å². The van der Waals surface area contributed by atoms with Gasteiger partial charge >= 0.3 is 12.0 Å². The Labute approximate surface area is 113 Å². The topological polar surface area (TPSA) is 78.9 Å². The first kappa shape index (κ1) is 14.1. The molecule has 0 bridgehead atoms. The first-order chi connectivity index (χ1) is 9.09. The van der Waals surface area contributed by atoms with Crippen LogP contribution in [0.4, 0.5) is 4.79 Å². The average molecular weight is 270 g/mol. The first-order valence-corrected chi connectivity index (χ1v) is 6.97. The molecule has 19 heavy (non-hydrogen) atoms. The lowest BCUT2D eigenvalue weighted by Gasteiger charge is -2.29. The number of nitrogens with one attached hydrogen (secondary N) is 1. The smallest absolute Gasteiger partial charge is 0.317 e. The Morgan fingerprint density at radius 2 is 2.05 bits per heavy atom. The second-order valence-electron chi connectivity index (χ2n) is 5.43. The number of carboxylic acids is 1.